The fourth-order valence-corrected chi connectivity index (χ4v) is 5.68. The van der Waals surface area contributed by atoms with Crippen molar-refractivity contribution in [3.05, 3.63) is 63.2 Å². The molecule has 2 aromatic carbocycles. The summed E-state index contributed by atoms with van der Waals surface area (Å²) in [6, 6.07) is 8.67. The highest BCUT2D eigenvalue weighted by Crippen LogP contribution is 2.35. The second-order valence-corrected chi connectivity index (χ2v) is 10.1. The number of hydrogen-bond donors (Lipinski definition) is 2. The predicted octanol–water partition coefficient (Wildman–Crippen LogP) is 3.09. The molecule has 1 aromatic heterocycles. The van der Waals surface area contributed by atoms with Crippen molar-refractivity contribution in [1.82, 2.24) is 10.9 Å². The Morgan fingerprint density at radius 2 is 1.87 bits per heavy atom. The highest BCUT2D eigenvalue weighted by Gasteiger charge is 2.27. The fourth-order valence-electron chi connectivity index (χ4n) is 3.28. The SMILES string of the molecule is CS(=O)(=O)N1CCc2cc(C(=O)NNC(=O)c3sc4cc(F)ccc4c3Cl)ccc21. The number of benzene rings is 2. The van der Waals surface area contributed by atoms with E-state index >= 15 is 0 Å². The molecule has 7 nitrogen and oxygen atoms in total. The molecule has 2 heterocycles. The third kappa shape index (κ3) is 3.73. The Hall–Kier alpha value is -2.69. The topological polar surface area (TPSA) is 95.6 Å². The van der Waals surface area contributed by atoms with Crippen LogP contribution in [0.2, 0.25) is 5.02 Å². The zero-order chi connectivity index (χ0) is 21.6. The first-order valence-electron chi connectivity index (χ1n) is 8.74. The standard InChI is InChI=1S/C19H15ClFN3O4S2/c1-30(27,28)24-7-6-10-8-11(2-5-14(10)24)18(25)22-23-19(26)17-16(20)13-4-3-12(21)9-15(13)29-17/h2-5,8-9H,6-7H2,1H3,(H,22,25)(H,23,26). The van der Waals surface area contributed by atoms with Crippen molar-refractivity contribution in [2.75, 3.05) is 17.1 Å². The smallest absolute Gasteiger partial charge is 0.270 e. The molecule has 2 amide bonds. The van der Waals surface area contributed by atoms with Gasteiger partial charge in [0.25, 0.3) is 11.8 Å². The maximum Gasteiger partial charge on any atom is 0.281 e. The van der Waals surface area contributed by atoms with Gasteiger partial charge in [0.2, 0.25) is 10.0 Å². The zero-order valence-electron chi connectivity index (χ0n) is 15.5. The summed E-state index contributed by atoms with van der Waals surface area (Å²) in [5.41, 5.74) is 6.16. The van der Waals surface area contributed by atoms with Gasteiger partial charge in [0.05, 0.1) is 17.0 Å². The van der Waals surface area contributed by atoms with Crippen LogP contribution < -0.4 is 15.2 Å². The number of nitrogens with zero attached hydrogens (tertiary/aromatic N) is 1. The van der Waals surface area contributed by atoms with Crippen molar-refractivity contribution in [1.29, 1.82) is 0 Å². The summed E-state index contributed by atoms with van der Waals surface area (Å²) in [6.07, 6.45) is 1.62. The van der Waals surface area contributed by atoms with Gasteiger partial charge < -0.3 is 0 Å². The van der Waals surface area contributed by atoms with Crippen LogP contribution in [-0.4, -0.2) is 33.0 Å². The molecule has 4 rings (SSSR count). The molecule has 0 bridgehead atoms. The van der Waals surface area contributed by atoms with Crippen LogP contribution >= 0.6 is 22.9 Å². The normalized spacial score (nSPS) is 13.4. The lowest BCUT2D eigenvalue weighted by atomic mass is 10.1. The molecule has 0 spiro atoms. The lowest BCUT2D eigenvalue weighted by molar-refractivity contribution is 0.0849. The van der Waals surface area contributed by atoms with Crippen LogP contribution in [0, 0.1) is 5.82 Å². The van der Waals surface area contributed by atoms with E-state index in [2.05, 4.69) is 10.9 Å². The molecule has 0 aliphatic carbocycles. The van der Waals surface area contributed by atoms with Crippen LogP contribution in [0.15, 0.2) is 36.4 Å². The van der Waals surface area contributed by atoms with Gasteiger partial charge in [-0.2, -0.15) is 0 Å². The van der Waals surface area contributed by atoms with Crippen LogP contribution in [0.4, 0.5) is 10.1 Å². The molecule has 3 aromatic rings. The van der Waals surface area contributed by atoms with Crippen LogP contribution in [0.1, 0.15) is 25.6 Å². The number of hydrazine groups is 1. The Morgan fingerprint density at radius 1 is 1.13 bits per heavy atom. The number of halogens is 2. The van der Waals surface area contributed by atoms with Crippen molar-refractivity contribution < 1.29 is 22.4 Å². The third-order valence-electron chi connectivity index (χ3n) is 4.68. The quantitative estimate of drug-likeness (QED) is 0.578. The average Bonchev–Trinajstić information content (AvgIpc) is 3.26. The number of rotatable bonds is 3. The minimum absolute atomic E-state index is 0.148. The molecule has 1 aliphatic rings. The van der Waals surface area contributed by atoms with Crippen molar-refractivity contribution in [2.24, 2.45) is 0 Å². The lowest BCUT2D eigenvalue weighted by Crippen LogP contribution is -2.41. The molecule has 0 unspecified atom stereocenters. The van der Waals surface area contributed by atoms with Crippen molar-refractivity contribution >= 4 is 60.5 Å². The first kappa shape index (κ1) is 20.6. The van der Waals surface area contributed by atoms with Gasteiger partial charge in [0, 0.05) is 22.2 Å². The van der Waals surface area contributed by atoms with Crippen LogP contribution in [0.25, 0.3) is 10.1 Å². The fraction of sp³-hybridized carbons (Fsp3) is 0.158. The molecule has 0 saturated heterocycles. The average molecular weight is 468 g/mol. The summed E-state index contributed by atoms with van der Waals surface area (Å²) >= 11 is 7.23. The third-order valence-corrected chi connectivity index (χ3v) is 7.52. The van der Waals surface area contributed by atoms with E-state index in [1.165, 1.54) is 28.6 Å². The van der Waals surface area contributed by atoms with E-state index in [1.807, 2.05) is 0 Å². The zero-order valence-corrected chi connectivity index (χ0v) is 17.9. The largest absolute Gasteiger partial charge is 0.281 e. The molecule has 156 valence electrons. The van der Waals surface area contributed by atoms with Gasteiger partial charge in [-0.15, -0.1) is 11.3 Å². The molecule has 0 fully saturated rings. The first-order chi connectivity index (χ1) is 14.1. The highest BCUT2D eigenvalue weighted by molar-refractivity contribution is 7.92. The van der Waals surface area contributed by atoms with E-state index in [0.717, 1.165) is 23.2 Å². The summed E-state index contributed by atoms with van der Waals surface area (Å²) < 4.78 is 38.8. The summed E-state index contributed by atoms with van der Waals surface area (Å²) in [6.45, 7) is 0.320. The predicted molar refractivity (Wildman–Crippen MR) is 114 cm³/mol. The van der Waals surface area contributed by atoms with E-state index in [0.29, 0.717) is 28.7 Å². The number of amides is 2. The number of hydrogen-bond acceptors (Lipinski definition) is 5. The number of nitrogens with one attached hydrogen (secondary N) is 2. The first-order valence-corrected chi connectivity index (χ1v) is 11.8. The second-order valence-electron chi connectivity index (χ2n) is 6.72. The van der Waals surface area contributed by atoms with Gasteiger partial charge in [-0.3, -0.25) is 24.7 Å². The maximum atomic E-state index is 13.4. The Morgan fingerprint density at radius 3 is 2.60 bits per heavy atom. The minimum atomic E-state index is -3.38. The van der Waals surface area contributed by atoms with Gasteiger partial charge in [-0.1, -0.05) is 11.6 Å². The summed E-state index contributed by atoms with van der Waals surface area (Å²) in [7, 11) is -3.38. The number of carbonyl (C=O) groups is 2. The molecule has 11 heteroatoms. The van der Waals surface area contributed by atoms with Gasteiger partial charge in [-0.25, -0.2) is 12.8 Å². The van der Waals surface area contributed by atoms with E-state index in [1.54, 1.807) is 12.1 Å². The Balaban J connectivity index is 1.48. The Labute approximate surface area is 180 Å². The van der Waals surface area contributed by atoms with Crippen LogP contribution in [0.5, 0.6) is 0 Å². The molecular formula is C19H15ClFN3O4S2. The summed E-state index contributed by atoms with van der Waals surface area (Å²) in [4.78, 5) is 25.0. The van der Waals surface area contributed by atoms with Crippen LogP contribution in [0.3, 0.4) is 0 Å². The van der Waals surface area contributed by atoms with Crippen molar-refractivity contribution in [3.63, 3.8) is 0 Å². The molecule has 30 heavy (non-hydrogen) atoms. The number of sulfonamides is 1. The monoisotopic (exact) mass is 467 g/mol. The molecule has 0 atom stereocenters. The van der Waals surface area contributed by atoms with Gasteiger partial charge in [0.1, 0.15) is 10.7 Å². The highest BCUT2D eigenvalue weighted by atomic mass is 35.5. The summed E-state index contributed by atoms with van der Waals surface area (Å²) in [5, 5.41) is 0.730. The van der Waals surface area contributed by atoms with Gasteiger partial charge in [0.15, 0.2) is 0 Å². The van der Waals surface area contributed by atoms with E-state index in [-0.39, 0.29) is 15.5 Å². The molecule has 0 radical (unpaired) electrons. The number of carbonyl (C=O) groups excluding carboxylic acids is 2. The molecule has 2 N–H and O–H groups in total. The van der Waals surface area contributed by atoms with Gasteiger partial charge >= 0.3 is 0 Å². The molecule has 0 saturated carbocycles. The van der Waals surface area contributed by atoms with E-state index in [9.17, 15) is 22.4 Å². The van der Waals surface area contributed by atoms with Crippen LogP contribution in [-0.2, 0) is 16.4 Å². The van der Waals surface area contributed by atoms with E-state index in [4.69, 9.17) is 11.6 Å². The maximum absolute atomic E-state index is 13.4. The van der Waals surface area contributed by atoms with Crippen molar-refractivity contribution in [2.45, 2.75) is 6.42 Å². The van der Waals surface area contributed by atoms with Gasteiger partial charge in [-0.05, 0) is 48.4 Å². The Kier molecular flexibility index (Phi) is 5.16. The van der Waals surface area contributed by atoms with Crippen molar-refractivity contribution in [3.8, 4) is 0 Å². The number of thiophene rings is 1. The molecule has 1 aliphatic heterocycles. The molecular weight excluding hydrogens is 453 g/mol. The lowest BCUT2D eigenvalue weighted by Gasteiger charge is -2.16. The van der Waals surface area contributed by atoms with E-state index < -0.39 is 27.7 Å². The second kappa shape index (κ2) is 7.53. The number of anilines is 1. The minimum Gasteiger partial charge on any atom is -0.270 e. The number of fused-ring (bicyclic) bond motifs is 2. The Bertz CT molecular complexity index is 1310. The summed E-state index contributed by atoms with van der Waals surface area (Å²) in [5.74, 6) is -1.63.